The molecule has 4 heteroatoms. The summed E-state index contributed by atoms with van der Waals surface area (Å²) in [5.74, 6) is 0.289. The van der Waals surface area contributed by atoms with Gasteiger partial charge in [-0.15, -0.1) is 0 Å². The van der Waals surface area contributed by atoms with Crippen LogP contribution < -0.4 is 0 Å². The summed E-state index contributed by atoms with van der Waals surface area (Å²) in [5.41, 5.74) is 1.94. The molecule has 2 heterocycles. The van der Waals surface area contributed by atoms with Crippen molar-refractivity contribution in [3.63, 3.8) is 0 Å². The highest BCUT2D eigenvalue weighted by Gasteiger charge is 2.58. The zero-order valence-electron chi connectivity index (χ0n) is 12.3. The summed E-state index contributed by atoms with van der Waals surface area (Å²) in [6.07, 6.45) is 1.67. The highest BCUT2D eigenvalue weighted by atomic mass is 16.5. The van der Waals surface area contributed by atoms with E-state index in [1.54, 1.807) is 0 Å². The molecule has 0 radical (unpaired) electrons. The first-order chi connectivity index (χ1) is 10.1. The average molecular weight is 287 g/mol. The largest absolute Gasteiger partial charge is 0.389 e. The van der Waals surface area contributed by atoms with Crippen LogP contribution in [0, 0.1) is 5.92 Å². The van der Waals surface area contributed by atoms with Gasteiger partial charge in [0.1, 0.15) is 6.10 Å². The highest BCUT2D eigenvalue weighted by Crippen LogP contribution is 2.50. The third-order valence-corrected chi connectivity index (χ3v) is 5.39. The number of hydrogen-bond donors (Lipinski definition) is 1. The Kier molecular flexibility index (Phi) is 2.88. The number of hydrogen-bond acceptors (Lipinski definition) is 3. The number of rotatable bonds is 1. The molecule has 21 heavy (non-hydrogen) atoms. The van der Waals surface area contributed by atoms with E-state index in [-0.39, 0.29) is 17.9 Å². The van der Waals surface area contributed by atoms with Gasteiger partial charge >= 0.3 is 0 Å². The molecule has 0 unspecified atom stereocenters. The first kappa shape index (κ1) is 13.3. The molecule has 4 nitrogen and oxygen atoms in total. The summed E-state index contributed by atoms with van der Waals surface area (Å²) in [4.78, 5) is 14.7. The van der Waals surface area contributed by atoms with Crippen LogP contribution >= 0.6 is 0 Å². The molecule has 3 aliphatic rings. The molecule has 2 fully saturated rings. The Bertz CT molecular complexity index is 587. The van der Waals surface area contributed by atoms with Crippen molar-refractivity contribution >= 4 is 5.91 Å². The van der Waals surface area contributed by atoms with Crippen molar-refractivity contribution in [3.8, 4) is 0 Å². The predicted octanol–water partition coefficient (Wildman–Crippen LogP) is 1.67. The maximum absolute atomic E-state index is 12.8. The zero-order chi connectivity index (χ0) is 14.6. The van der Waals surface area contributed by atoms with Crippen LogP contribution in [-0.4, -0.2) is 40.8 Å². The van der Waals surface area contributed by atoms with Gasteiger partial charge in [0.2, 0.25) is 0 Å². The molecule has 0 spiro atoms. The van der Waals surface area contributed by atoms with Crippen molar-refractivity contribution in [2.45, 2.75) is 43.9 Å². The summed E-state index contributed by atoms with van der Waals surface area (Å²) < 4.78 is 5.70. The first-order valence-electron chi connectivity index (χ1n) is 7.81. The number of fused-ring (bicyclic) bond motifs is 2. The van der Waals surface area contributed by atoms with Crippen LogP contribution in [0.25, 0.3) is 0 Å². The van der Waals surface area contributed by atoms with Crippen molar-refractivity contribution in [1.82, 2.24) is 4.90 Å². The predicted molar refractivity (Wildman–Crippen MR) is 77.7 cm³/mol. The van der Waals surface area contributed by atoms with Gasteiger partial charge in [-0.25, -0.2) is 0 Å². The Hall–Kier alpha value is -1.39. The van der Waals surface area contributed by atoms with Gasteiger partial charge in [0, 0.05) is 18.9 Å². The second kappa shape index (κ2) is 4.55. The fourth-order valence-electron chi connectivity index (χ4n) is 3.86. The molecule has 1 amide bonds. The number of ether oxygens (including phenoxy) is 1. The molecule has 1 aliphatic carbocycles. The highest BCUT2D eigenvalue weighted by molar-refractivity contribution is 5.82. The quantitative estimate of drug-likeness (QED) is 0.855. The van der Waals surface area contributed by atoms with Gasteiger partial charge in [0.05, 0.1) is 18.2 Å². The molecule has 1 saturated carbocycles. The zero-order valence-corrected chi connectivity index (χ0v) is 12.3. The lowest BCUT2D eigenvalue weighted by Gasteiger charge is -2.38. The second-order valence-corrected chi connectivity index (χ2v) is 6.69. The summed E-state index contributed by atoms with van der Waals surface area (Å²) >= 11 is 0. The third kappa shape index (κ3) is 2.09. The van der Waals surface area contributed by atoms with Crippen LogP contribution in [0.3, 0.4) is 0 Å². The van der Waals surface area contributed by atoms with Gasteiger partial charge in [-0.3, -0.25) is 4.79 Å². The lowest BCUT2D eigenvalue weighted by Crippen LogP contribution is -2.48. The fraction of sp³-hybridized carbons (Fsp3) is 0.588. The Morgan fingerprint density at radius 3 is 3.00 bits per heavy atom. The van der Waals surface area contributed by atoms with Crippen molar-refractivity contribution in [1.29, 1.82) is 0 Å². The molecule has 1 aromatic carbocycles. The lowest BCUT2D eigenvalue weighted by atomic mass is 9.92. The van der Waals surface area contributed by atoms with Crippen molar-refractivity contribution in [3.05, 3.63) is 35.4 Å². The Morgan fingerprint density at radius 2 is 2.19 bits per heavy atom. The van der Waals surface area contributed by atoms with E-state index in [2.05, 4.69) is 25.1 Å². The van der Waals surface area contributed by atoms with E-state index in [1.165, 1.54) is 11.1 Å². The van der Waals surface area contributed by atoms with E-state index >= 15 is 0 Å². The van der Waals surface area contributed by atoms with E-state index in [0.717, 1.165) is 19.4 Å². The number of nitrogens with zero attached hydrogens (tertiary/aromatic N) is 1. The maximum Gasteiger partial charge on any atom is 0.252 e. The third-order valence-electron chi connectivity index (χ3n) is 5.39. The Morgan fingerprint density at radius 1 is 1.38 bits per heavy atom. The molecule has 4 atom stereocenters. The Balaban J connectivity index is 1.53. The van der Waals surface area contributed by atoms with Gasteiger partial charge in [0.15, 0.2) is 0 Å². The van der Waals surface area contributed by atoms with E-state index in [9.17, 15) is 9.90 Å². The maximum atomic E-state index is 12.8. The normalized spacial score (nSPS) is 37.6. The van der Waals surface area contributed by atoms with Gasteiger partial charge in [-0.05, 0) is 30.9 Å². The Labute approximate surface area is 124 Å². The minimum absolute atomic E-state index is 0.0378. The number of benzene rings is 1. The van der Waals surface area contributed by atoms with Crippen LogP contribution in [0.4, 0.5) is 0 Å². The number of carbonyl (C=O) groups is 1. The van der Waals surface area contributed by atoms with Crippen LogP contribution in [0.15, 0.2) is 24.3 Å². The summed E-state index contributed by atoms with van der Waals surface area (Å²) in [6, 6.07) is 8.40. The van der Waals surface area contributed by atoms with Gasteiger partial charge < -0.3 is 14.7 Å². The molecule has 2 aliphatic heterocycles. The first-order valence-corrected chi connectivity index (χ1v) is 7.81. The fourth-order valence-corrected chi connectivity index (χ4v) is 3.86. The van der Waals surface area contributed by atoms with E-state index in [4.69, 9.17) is 4.74 Å². The van der Waals surface area contributed by atoms with Crippen molar-refractivity contribution in [2.24, 2.45) is 5.92 Å². The molecule has 1 N–H and O–H groups in total. The topological polar surface area (TPSA) is 49.8 Å². The van der Waals surface area contributed by atoms with E-state index in [0.29, 0.717) is 13.0 Å². The number of amides is 1. The molecule has 0 bridgehead atoms. The summed E-state index contributed by atoms with van der Waals surface area (Å²) in [7, 11) is 0. The van der Waals surface area contributed by atoms with E-state index < -0.39 is 11.7 Å². The molecule has 4 rings (SSSR count). The number of carbonyl (C=O) groups excluding carboxylic acids is 1. The monoisotopic (exact) mass is 287 g/mol. The van der Waals surface area contributed by atoms with Crippen LogP contribution in [0.2, 0.25) is 0 Å². The minimum atomic E-state index is -0.629. The average Bonchev–Trinajstić information content (AvgIpc) is 3.18. The molecule has 0 aromatic heterocycles. The molecule has 1 saturated heterocycles. The molecular weight excluding hydrogens is 266 g/mol. The minimum Gasteiger partial charge on any atom is -0.389 e. The standard InChI is InChI=1S/C17H21NO3/c1-11-14-5-3-2-4-12(14)6-7-18(11)16(19)15-9-17(20)8-13(17)10-21-15/h2-5,11,13,15,20H,6-10H2,1H3/t11-,13+,15+,17-/m0/s1. The van der Waals surface area contributed by atoms with E-state index in [1.807, 2.05) is 11.0 Å². The lowest BCUT2D eigenvalue weighted by molar-refractivity contribution is -0.154. The molecule has 1 aromatic rings. The number of aliphatic hydroxyl groups is 1. The van der Waals surface area contributed by atoms with Crippen molar-refractivity contribution in [2.75, 3.05) is 13.2 Å². The smallest absolute Gasteiger partial charge is 0.252 e. The van der Waals surface area contributed by atoms with Gasteiger partial charge in [-0.2, -0.15) is 0 Å². The van der Waals surface area contributed by atoms with Crippen LogP contribution in [-0.2, 0) is 16.0 Å². The SMILES string of the molecule is C[C@H]1c2ccccc2CCN1C(=O)[C@H]1C[C@@]2(O)C[C@@H]2CO1. The van der Waals surface area contributed by atoms with Crippen LogP contribution in [0.1, 0.15) is 36.9 Å². The van der Waals surface area contributed by atoms with Crippen LogP contribution in [0.5, 0.6) is 0 Å². The second-order valence-electron chi connectivity index (χ2n) is 6.69. The summed E-state index contributed by atoms with van der Waals surface area (Å²) in [6.45, 7) is 3.33. The van der Waals surface area contributed by atoms with Crippen molar-refractivity contribution < 1.29 is 14.6 Å². The molecule has 112 valence electrons. The molecular formula is C17H21NO3. The van der Waals surface area contributed by atoms with Gasteiger partial charge in [0.25, 0.3) is 5.91 Å². The van der Waals surface area contributed by atoms with Gasteiger partial charge in [-0.1, -0.05) is 24.3 Å². The summed E-state index contributed by atoms with van der Waals surface area (Å²) in [5, 5.41) is 10.2.